The first-order valence-electron chi connectivity index (χ1n) is 2.12. The number of halogens is 2. The fourth-order valence-electron chi connectivity index (χ4n) is 0.387. The Kier molecular flexibility index (Phi) is 3.97. The molecular formula is C6H3ClFLi. The first kappa shape index (κ1) is 9.04. The molecule has 0 atom stereocenters. The second kappa shape index (κ2) is 3.95. The van der Waals surface area contributed by atoms with Crippen LogP contribution in [0.25, 0.3) is 0 Å². The Hall–Kier alpha value is 0.0374. The quantitative estimate of drug-likeness (QED) is 0.326. The summed E-state index contributed by atoms with van der Waals surface area (Å²) >= 11 is 5.41. The molecule has 0 radical (unpaired) electrons. The molecule has 0 saturated carbocycles. The van der Waals surface area contributed by atoms with Crippen molar-refractivity contribution in [3.63, 3.8) is 0 Å². The summed E-state index contributed by atoms with van der Waals surface area (Å²) in [6, 6.07) is 6.43. The van der Waals surface area contributed by atoms with Gasteiger partial charge in [0, 0.05) is 5.82 Å². The van der Waals surface area contributed by atoms with E-state index in [1.807, 2.05) is 0 Å². The predicted molar refractivity (Wildman–Crippen MR) is 30.2 cm³/mol. The normalized spacial score (nSPS) is 8.22. The van der Waals surface area contributed by atoms with Gasteiger partial charge in [-0.05, 0) is 0 Å². The Bertz CT molecular complexity index is 152. The molecule has 0 fully saturated rings. The van der Waals surface area contributed by atoms with Gasteiger partial charge in [-0.1, -0.05) is 5.02 Å². The van der Waals surface area contributed by atoms with Crippen LogP contribution in [0.4, 0.5) is 4.39 Å². The van der Waals surface area contributed by atoms with Gasteiger partial charge in [-0.2, -0.15) is 23.7 Å². The molecule has 0 nitrogen and oxygen atoms in total. The summed E-state index contributed by atoms with van der Waals surface area (Å²) in [5.74, 6) is -0.380. The fraction of sp³-hybridized carbons (Fsp3) is 0. The molecule has 0 saturated heterocycles. The van der Waals surface area contributed by atoms with Crippen LogP contribution in [0.5, 0.6) is 0 Å². The van der Waals surface area contributed by atoms with E-state index >= 15 is 0 Å². The van der Waals surface area contributed by atoms with Gasteiger partial charge in [-0.15, -0.1) is 12.1 Å². The van der Waals surface area contributed by atoms with Gasteiger partial charge in [0.15, 0.2) is 0 Å². The van der Waals surface area contributed by atoms with Gasteiger partial charge in [0.2, 0.25) is 0 Å². The van der Waals surface area contributed by atoms with Crippen molar-refractivity contribution in [3.05, 3.63) is 35.1 Å². The molecule has 0 amide bonds. The predicted octanol–water partition coefficient (Wildman–Crippen LogP) is -0.717. The van der Waals surface area contributed by atoms with Crippen LogP contribution in [-0.2, 0) is 0 Å². The molecule has 0 unspecified atom stereocenters. The number of rotatable bonds is 0. The number of benzene rings is 1. The van der Waals surface area contributed by atoms with Crippen LogP contribution >= 0.6 is 11.6 Å². The van der Waals surface area contributed by atoms with Gasteiger partial charge >= 0.3 is 18.9 Å². The minimum Gasteiger partial charge on any atom is -0.236 e. The van der Waals surface area contributed by atoms with Gasteiger partial charge < -0.3 is 0 Å². The zero-order valence-electron chi connectivity index (χ0n) is 4.99. The van der Waals surface area contributed by atoms with Gasteiger partial charge in [-0.25, -0.2) is 4.39 Å². The van der Waals surface area contributed by atoms with Gasteiger partial charge in [-0.3, -0.25) is 0 Å². The average molecular weight is 136 g/mol. The maximum atomic E-state index is 12.0. The maximum absolute atomic E-state index is 12.0. The van der Waals surface area contributed by atoms with Gasteiger partial charge in [0.25, 0.3) is 0 Å². The van der Waals surface area contributed by atoms with Crippen molar-refractivity contribution in [1.29, 1.82) is 0 Å². The molecular weight excluding hydrogens is 133 g/mol. The van der Waals surface area contributed by atoms with Gasteiger partial charge in [0.05, 0.1) is 0 Å². The molecule has 1 rings (SSSR count). The molecule has 9 heavy (non-hydrogen) atoms. The van der Waals surface area contributed by atoms with E-state index in [-0.39, 0.29) is 24.7 Å². The smallest absolute Gasteiger partial charge is 0.236 e. The van der Waals surface area contributed by atoms with Crippen LogP contribution in [0.1, 0.15) is 0 Å². The molecule has 0 heterocycles. The van der Waals surface area contributed by atoms with E-state index < -0.39 is 0 Å². The van der Waals surface area contributed by atoms with Crippen molar-refractivity contribution in [1.82, 2.24) is 0 Å². The Balaban J connectivity index is 0.000000640. The van der Waals surface area contributed by atoms with Crippen LogP contribution in [0.2, 0.25) is 5.02 Å². The molecule has 0 aliphatic rings. The van der Waals surface area contributed by atoms with Crippen LogP contribution < -0.4 is 18.9 Å². The minimum atomic E-state index is -0.380. The Morgan fingerprint density at radius 1 is 1.44 bits per heavy atom. The van der Waals surface area contributed by atoms with Crippen molar-refractivity contribution in [3.8, 4) is 0 Å². The second-order valence-electron chi connectivity index (χ2n) is 1.35. The summed E-state index contributed by atoms with van der Waals surface area (Å²) in [6.07, 6.45) is 0. The third-order valence-electron chi connectivity index (χ3n) is 0.737. The van der Waals surface area contributed by atoms with E-state index in [4.69, 9.17) is 11.6 Å². The molecule has 1 aromatic carbocycles. The van der Waals surface area contributed by atoms with Crippen LogP contribution in [0.15, 0.2) is 18.2 Å². The van der Waals surface area contributed by atoms with E-state index in [1.54, 1.807) is 0 Å². The first-order valence-corrected chi connectivity index (χ1v) is 2.49. The van der Waals surface area contributed by atoms with Crippen molar-refractivity contribution in [2.45, 2.75) is 0 Å². The summed E-state index contributed by atoms with van der Waals surface area (Å²) in [5.41, 5.74) is 0. The zero-order chi connectivity index (χ0) is 5.98. The topological polar surface area (TPSA) is 0 Å². The SMILES string of the molecule is Fc1[c-]cc(Cl)cc1.[Li+]. The standard InChI is InChI=1S/C6H3ClF.Li/c7-5-1-3-6(8)4-2-5;/h1-3H;/q-1;+1. The summed E-state index contributed by atoms with van der Waals surface area (Å²) in [7, 11) is 0. The largest absolute Gasteiger partial charge is 1.00 e. The molecule has 42 valence electrons. The van der Waals surface area contributed by atoms with Crippen LogP contribution in [-0.4, -0.2) is 0 Å². The summed E-state index contributed by atoms with van der Waals surface area (Å²) in [5, 5.41) is 0.506. The van der Waals surface area contributed by atoms with E-state index in [1.165, 1.54) is 18.2 Å². The molecule has 0 aliphatic heterocycles. The molecule has 3 heteroatoms. The molecule has 0 N–H and O–H groups in total. The van der Waals surface area contributed by atoms with Crippen molar-refractivity contribution in [2.24, 2.45) is 0 Å². The average Bonchev–Trinajstić information content (AvgIpc) is 1.77. The first-order chi connectivity index (χ1) is 3.79. The van der Waals surface area contributed by atoms with Crippen LogP contribution in [0.3, 0.4) is 0 Å². The Morgan fingerprint density at radius 3 is 2.44 bits per heavy atom. The van der Waals surface area contributed by atoms with E-state index in [0.717, 1.165) is 0 Å². The van der Waals surface area contributed by atoms with Crippen molar-refractivity contribution >= 4 is 11.6 Å². The Morgan fingerprint density at radius 2 is 2.11 bits per heavy atom. The van der Waals surface area contributed by atoms with E-state index in [2.05, 4.69) is 6.07 Å². The number of hydrogen-bond donors (Lipinski definition) is 0. The third kappa shape index (κ3) is 2.91. The van der Waals surface area contributed by atoms with Crippen molar-refractivity contribution < 1.29 is 23.3 Å². The second-order valence-corrected chi connectivity index (χ2v) is 1.79. The van der Waals surface area contributed by atoms with E-state index in [9.17, 15) is 4.39 Å². The summed E-state index contributed by atoms with van der Waals surface area (Å²) < 4.78 is 12.0. The molecule has 0 spiro atoms. The molecule has 0 bridgehead atoms. The maximum Gasteiger partial charge on any atom is 1.00 e. The van der Waals surface area contributed by atoms with Crippen molar-refractivity contribution in [2.75, 3.05) is 0 Å². The Labute approximate surface area is 70.2 Å². The zero-order valence-corrected chi connectivity index (χ0v) is 5.74. The van der Waals surface area contributed by atoms with Gasteiger partial charge in [0.1, 0.15) is 0 Å². The third-order valence-corrected chi connectivity index (χ3v) is 0.972. The molecule has 0 aliphatic carbocycles. The molecule has 1 aromatic rings. The van der Waals surface area contributed by atoms with E-state index in [0.29, 0.717) is 5.02 Å². The molecule has 0 aromatic heterocycles. The van der Waals surface area contributed by atoms with Crippen LogP contribution in [0, 0.1) is 11.9 Å². The fourth-order valence-corrected chi connectivity index (χ4v) is 0.504. The minimum absolute atomic E-state index is 0. The summed E-state index contributed by atoms with van der Waals surface area (Å²) in [4.78, 5) is 0. The number of hydrogen-bond acceptors (Lipinski definition) is 0. The monoisotopic (exact) mass is 136 g/mol. The summed E-state index contributed by atoms with van der Waals surface area (Å²) in [6.45, 7) is 0.